The first-order valence-corrected chi connectivity index (χ1v) is 9.17. The number of nitrogens with two attached hydrogens (primary N) is 1. The van der Waals surface area contributed by atoms with E-state index in [1.807, 2.05) is 0 Å². The maximum Gasteiger partial charge on any atom is 0.338 e. The van der Waals surface area contributed by atoms with E-state index in [1.54, 1.807) is 18.2 Å². The van der Waals surface area contributed by atoms with Gasteiger partial charge in [-0.05, 0) is 36.4 Å². The molecule has 9 heteroatoms. The molecule has 0 bridgehead atoms. The second-order valence-electron chi connectivity index (χ2n) is 6.33. The van der Waals surface area contributed by atoms with Crippen LogP contribution in [0.3, 0.4) is 0 Å². The predicted molar refractivity (Wildman–Crippen MR) is 104 cm³/mol. The number of amides is 1. The molecule has 30 heavy (non-hydrogen) atoms. The lowest BCUT2D eigenvalue weighted by Gasteiger charge is -2.11. The first-order valence-electron chi connectivity index (χ1n) is 9.17. The number of carbonyl (C=O) groups is 3. The average molecular weight is 415 g/mol. The van der Waals surface area contributed by atoms with Gasteiger partial charge in [0.1, 0.15) is 0 Å². The van der Waals surface area contributed by atoms with Crippen LogP contribution >= 0.6 is 0 Å². The van der Waals surface area contributed by atoms with Gasteiger partial charge in [-0.25, -0.2) is 4.79 Å². The van der Waals surface area contributed by atoms with Crippen LogP contribution in [-0.4, -0.2) is 51.2 Å². The van der Waals surface area contributed by atoms with E-state index in [0.29, 0.717) is 30.3 Å². The van der Waals surface area contributed by atoms with Crippen LogP contribution < -0.4 is 24.7 Å². The second kappa shape index (κ2) is 9.64. The fourth-order valence-electron chi connectivity index (χ4n) is 2.70. The Morgan fingerprint density at radius 1 is 0.933 bits per heavy atom. The standard InChI is InChI=1S/C21H21NO8/c1-26-18-10-14(4-6-16(18)29-12-20(22)24)21(25)30-11-15(23)13-3-5-17-19(9-13)28-8-2-7-27-17/h3-6,9-10H,2,7-8,11-12H2,1H3,(H2,22,24). The SMILES string of the molecule is COc1cc(C(=O)OCC(=O)c2ccc3c(c2)OCCCO3)ccc1OCC(N)=O. The lowest BCUT2D eigenvalue weighted by Crippen LogP contribution is -2.20. The van der Waals surface area contributed by atoms with Crippen LogP contribution in [0.15, 0.2) is 36.4 Å². The Morgan fingerprint density at radius 3 is 2.40 bits per heavy atom. The number of esters is 1. The third kappa shape index (κ3) is 5.19. The summed E-state index contributed by atoms with van der Waals surface area (Å²) >= 11 is 0. The van der Waals surface area contributed by atoms with Gasteiger partial charge in [-0.1, -0.05) is 0 Å². The van der Waals surface area contributed by atoms with E-state index in [4.69, 9.17) is 29.4 Å². The van der Waals surface area contributed by atoms with Crippen molar-refractivity contribution in [3.63, 3.8) is 0 Å². The summed E-state index contributed by atoms with van der Waals surface area (Å²) in [6.45, 7) is 0.277. The molecule has 2 N–H and O–H groups in total. The number of hydrogen-bond acceptors (Lipinski definition) is 8. The van der Waals surface area contributed by atoms with Gasteiger partial charge < -0.3 is 29.4 Å². The number of ketones is 1. The molecule has 0 aliphatic carbocycles. The molecule has 0 radical (unpaired) electrons. The molecule has 158 valence electrons. The molecular formula is C21H21NO8. The first-order chi connectivity index (χ1) is 14.5. The number of rotatable bonds is 8. The zero-order chi connectivity index (χ0) is 21.5. The lowest BCUT2D eigenvalue weighted by atomic mass is 10.1. The van der Waals surface area contributed by atoms with Crippen LogP contribution in [0.5, 0.6) is 23.0 Å². The zero-order valence-electron chi connectivity index (χ0n) is 16.3. The van der Waals surface area contributed by atoms with Crippen molar-refractivity contribution in [2.24, 2.45) is 5.73 Å². The molecule has 3 rings (SSSR count). The van der Waals surface area contributed by atoms with Crippen molar-refractivity contribution in [2.45, 2.75) is 6.42 Å². The van der Waals surface area contributed by atoms with E-state index in [9.17, 15) is 14.4 Å². The normalized spacial score (nSPS) is 12.4. The van der Waals surface area contributed by atoms with Crippen LogP contribution in [0.1, 0.15) is 27.1 Å². The van der Waals surface area contributed by atoms with Crippen molar-refractivity contribution in [2.75, 3.05) is 33.5 Å². The van der Waals surface area contributed by atoms with Crippen LogP contribution in [0.25, 0.3) is 0 Å². The molecule has 0 spiro atoms. The lowest BCUT2D eigenvalue weighted by molar-refractivity contribution is -0.119. The van der Waals surface area contributed by atoms with Crippen LogP contribution in [-0.2, 0) is 9.53 Å². The molecule has 1 amide bonds. The Balaban J connectivity index is 1.63. The maximum absolute atomic E-state index is 12.4. The number of primary amides is 1. The first kappa shape index (κ1) is 21.0. The largest absolute Gasteiger partial charge is 0.493 e. The van der Waals surface area contributed by atoms with Crippen molar-refractivity contribution in [1.29, 1.82) is 0 Å². The second-order valence-corrected chi connectivity index (χ2v) is 6.33. The van der Waals surface area contributed by atoms with E-state index in [1.165, 1.54) is 25.3 Å². The number of ether oxygens (including phenoxy) is 5. The van der Waals surface area contributed by atoms with Gasteiger partial charge in [-0.3, -0.25) is 9.59 Å². The van der Waals surface area contributed by atoms with E-state index in [2.05, 4.69) is 0 Å². The van der Waals surface area contributed by atoms with Gasteiger partial charge in [0.25, 0.3) is 5.91 Å². The van der Waals surface area contributed by atoms with Crippen LogP contribution in [0.4, 0.5) is 0 Å². The minimum Gasteiger partial charge on any atom is -0.493 e. The summed E-state index contributed by atoms with van der Waals surface area (Å²) < 4.78 is 26.6. The van der Waals surface area contributed by atoms with Crippen molar-refractivity contribution in [1.82, 2.24) is 0 Å². The minimum absolute atomic E-state index is 0.157. The van der Waals surface area contributed by atoms with Crippen LogP contribution in [0.2, 0.25) is 0 Å². The maximum atomic E-state index is 12.4. The van der Waals surface area contributed by atoms with E-state index in [-0.39, 0.29) is 29.5 Å². The van der Waals surface area contributed by atoms with Gasteiger partial charge in [-0.2, -0.15) is 0 Å². The number of methoxy groups -OCH3 is 1. The van der Waals surface area contributed by atoms with Gasteiger partial charge in [0, 0.05) is 12.0 Å². The van der Waals surface area contributed by atoms with Gasteiger partial charge in [0.15, 0.2) is 42.0 Å². The van der Waals surface area contributed by atoms with E-state index in [0.717, 1.165) is 6.42 Å². The Hall–Kier alpha value is -3.75. The Bertz CT molecular complexity index is 956. The van der Waals surface area contributed by atoms with Gasteiger partial charge in [-0.15, -0.1) is 0 Å². The summed E-state index contributed by atoms with van der Waals surface area (Å²) in [5.41, 5.74) is 5.55. The van der Waals surface area contributed by atoms with E-state index >= 15 is 0 Å². The third-order valence-electron chi connectivity index (χ3n) is 4.17. The summed E-state index contributed by atoms with van der Waals surface area (Å²) in [6, 6.07) is 9.09. The molecule has 2 aromatic carbocycles. The summed E-state index contributed by atoms with van der Waals surface area (Å²) in [7, 11) is 1.38. The highest BCUT2D eigenvalue weighted by atomic mass is 16.5. The minimum atomic E-state index is -0.711. The Morgan fingerprint density at radius 2 is 1.67 bits per heavy atom. The van der Waals surface area contributed by atoms with Gasteiger partial charge in [0.2, 0.25) is 0 Å². The third-order valence-corrected chi connectivity index (χ3v) is 4.17. The fourth-order valence-corrected chi connectivity index (χ4v) is 2.70. The summed E-state index contributed by atoms with van der Waals surface area (Å²) in [4.78, 5) is 35.6. The number of fused-ring (bicyclic) bond motifs is 1. The van der Waals surface area contributed by atoms with Gasteiger partial charge >= 0.3 is 5.97 Å². The predicted octanol–water partition coefficient (Wildman–Crippen LogP) is 1.76. The number of benzene rings is 2. The van der Waals surface area contributed by atoms with Crippen LogP contribution in [0, 0.1) is 0 Å². The van der Waals surface area contributed by atoms with E-state index < -0.39 is 18.5 Å². The quantitative estimate of drug-likeness (QED) is 0.511. The molecule has 9 nitrogen and oxygen atoms in total. The highest BCUT2D eigenvalue weighted by Gasteiger charge is 2.17. The Kier molecular flexibility index (Phi) is 6.74. The topological polar surface area (TPSA) is 123 Å². The molecule has 0 saturated carbocycles. The van der Waals surface area contributed by atoms with Gasteiger partial charge in [0.05, 0.1) is 25.9 Å². The molecule has 1 aliphatic rings. The summed E-state index contributed by atoms with van der Waals surface area (Å²) in [5, 5.41) is 0. The monoisotopic (exact) mass is 415 g/mol. The highest BCUT2D eigenvalue weighted by Crippen LogP contribution is 2.31. The summed E-state index contributed by atoms with van der Waals surface area (Å²) in [6.07, 6.45) is 0.755. The highest BCUT2D eigenvalue weighted by molar-refractivity contribution is 6.00. The zero-order valence-corrected chi connectivity index (χ0v) is 16.3. The molecule has 2 aromatic rings. The molecule has 0 atom stereocenters. The van der Waals surface area contributed by atoms with Crippen molar-refractivity contribution >= 4 is 17.7 Å². The smallest absolute Gasteiger partial charge is 0.338 e. The molecule has 0 saturated heterocycles. The number of hydrogen-bond donors (Lipinski definition) is 1. The van der Waals surface area contributed by atoms with Crippen molar-refractivity contribution in [3.05, 3.63) is 47.5 Å². The molecule has 1 aliphatic heterocycles. The number of Topliss-reactive ketones (excluding diaryl/α,β-unsaturated/α-hetero) is 1. The van der Waals surface area contributed by atoms with Crippen molar-refractivity contribution < 1.29 is 38.1 Å². The van der Waals surface area contributed by atoms with Crippen molar-refractivity contribution in [3.8, 4) is 23.0 Å². The Labute approximate surface area is 172 Å². The number of carbonyl (C=O) groups excluding carboxylic acids is 3. The average Bonchev–Trinajstić information content (AvgIpc) is 3.00. The molecular weight excluding hydrogens is 394 g/mol. The molecule has 0 unspecified atom stereocenters. The fraction of sp³-hybridized carbons (Fsp3) is 0.286. The summed E-state index contributed by atoms with van der Waals surface area (Å²) in [5.74, 6) is -0.206. The molecule has 0 fully saturated rings. The molecule has 0 aromatic heterocycles. The molecule has 1 heterocycles.